The zero-order chi connectivity index (χ0) is 16.2. The molecule has 0 aliphatic carbocycles. The third-order valence-electron chi connectivity index (χ3n) is 4.07. The monoisotopic (exact) mass is 307 g/mol. The van der Waals surface area contributed by atoms with Crippen LogP contribution in [0, 0.1) is 0 Å². The van der Waals surface area contributed by atoms with Gasteiger partial charge in [0.15, 0.2) is 0 Å². The van der Waals surface area contributed by atoms with Crippen molar-refractivity contribution in [3.05, 3.63) is 54.6 Å². The molecule has 3 rings (SSSR count). The molecule has 0 radical (unpaired) electrons. The van der Waals surface area contributed by atoms with E-state index in [0.717, 1.165) is 36.0 Å². The van der Waals surface area contributed by atoms with E-state index < -0.39 is 0 Å². The molecular formula is C19H21N3O. The first kappa shape index (κ1) is 15.3. The normalized spacial score (nSPS) is 14.1. The second-order valence-corrected chi connectivity index (χ2v) is 5.43. The lowest BCUT2D eigenvalue weighted by molar-refractivity contribution is -0.116. The van der Waals surface area contributed by atoms with Crippen molar-refractivity contribution >= 4 is 28.8 Å². The molecule has 0 N–H and O–H groups in total. The number of amidine groups is 1. The Labute approximate surface area is 137 Å². The van der Waals surface area contributed by atoms with Gasteiger partial charge in [0.05, 0.1) is 17.8 Å². The molecule has 1 aliphatic heterocycles. The van der Waals surface area contributed by atoms with Gasteiger partial charge in [-0.1, -0.05) is 30.3 Å². The lowest BCUT2D eigenvalue weighted by Gasteiger charge is -2.24. The smallest absolute Gasteiger partial charge is 0.239 e. The standard InChI is InChI=1S/C19H21N3O/c1-3-21(4-2)18-14-19(23)22(15-10-6-5-7-11-15)17-13-9-8-12-16(17)20-18/h5-13H,3-4,14H2,1-2H3. The summed E-state index contributed by atoms with van der Waals surface area (Å²) in [5.41, 5.74) is 2.55. The van der Waals surface area contributed by atoms with Gasteiger partial charge in [0.25, 0.3) is 0 Å². The van der Waals surface area contributed by atoms with Crippen LogP contribution in [0.25, 0.3) is 0 Å². The zero-order valence-electron chi connectivity index (χ0n) is 13.6. The third-order valence-corrected chi connectivity index (χ3v) is 4.07. The van der Waals surface area contributed by atoms with Crippen LogP contribution in [-0.2, 0) is 4.79 Å². The van der Waals surface area contributed by atoms with Crippen LogP contribution in [0.4, 0.5) is 17.1 Å². The van der Waals surface area contributed by atoms with Crippen molar-refractivity contribution in [3.8, 4) is 0 Å². The molecule has 0 aromatic heterocycles. The summed E-state index contributed by atoms with van der Waals surface area (Å²) in [6, 6.07) is 17.6. The Balaban J connectivity index is 2.11. The summed E-state index contributed by atoms with van der Waals surface area (Å²) < 4.78 is 0. The van der Waals surface area contributed by atoms with Gasteiger partial charge in [0.1, 0.15) is 5.84 Å². The number of hydrogen-bond donors (Lipinski definition) is 0. The molecule has 0 bridgehead atoms. The number of hydrogen-bond acceptors (Lipinski definition) is 3. The van der Waals surface area contributed by atoms with Gasteiger partial charge in [-0.3, -0.25) is 9.69 Å². The number of amides is 1. The number of para-hydroxylation sites is 3. The van der Waals surface area contributed by atoms with Crippen LogP contribution in [0.3, 0.4) is 0 Å². The van der Waals surface area contributed by atoms with Crippen molar-refractivity contribution in [1.82, 2.24) is 4.90 Å². The Morgan fingerprint density at radius 3 is 2.35 bits per heavy atom. The molecule has 1 heterocycles. The minimum absolute atomic E-state index is 0.0480. The molecule has 1 amide bonds. The summed E-state index contributed by atoms with van der Waals surface area (Å²) >= 11 is 0. The van der Waals surface area contributed by atoms with E-state index in [2.05, 4.69) is 18.7 Å². The van der Waals surface area contributed by atoms with E-state index in [0.29, 0.717) is 6.42 Å². The molecule has 0 atom stereocenters. The lowest BCUT2D eigenvalue weighted by atomic mass is 10.2. The number of nitrogens with zero attached hydrogens (tertiary/aromatic N) is 3. The predicted molar refractivity (Wildman–Crippen MR) is 94.7 cm³/mol. The van der Waals surface area contributed by atoms with E-state index in [9.17, 15) is 4.79 Å². The van der Waals surface area contributed by atoms with E-state index in [1.165, 1.54) is 0 Å². The molecule has 2 aromatic rings. The largest absolute Gasteiger partial charge is 0.360 e. The number of carbonyl (C=O) groups is 1. The van der Waals surface area contributed by atoms with E-state index in [4.69, 9.17) is 4.99 Å². The highest BCUT2D eigenvalue weighted by Crippen LogP contribution is 2.36. The lowest BCUT2D eigenvalue weighted by Crippen LogP contribution is -2.35. The molecule has 0 saturated heterocycles. The Morgan fingerprint density at radius 1 is 1.00 bits per heavy atom. The maximum absolute atomic E-state index is 12.9. The van der Waals surface area contributed by atoms with E-state index >= 15 is 0 Å². The SMILES string of the molecule is CCN(CC)C1=Nc2ccccc2N(c2ccccc2)C(=O)C1. The fraction of sp³-hybridized carbons (Fsp3) is 0.263. The van der Waals surface area contributed by atoms with Gasteiger partial charge < -0.3 is 4.90 Å². The summed E-state index contributed by atoms with van der Waals surface area (Å²) in [4.78, 5) is 21.6. The maximum atomic E-state index is 12.9. The van der Waals surface area contributed by atoms with Gasteiger partial charge in [-0.2, -0.15) is 0 Å². The average molecular weight is 307 g/mol. The molecule has 4 heteroatoms. The highest BCUT2D eigenvalue weighted by molar-refractivity contribution is 6.14. The topological polar surface area (TPSA) is 35.9 Å². The van der Waals surface area contributed by atoms with Crippen LogP contribution < -0.4 is 4.90 Å². The third kappa shape index (κ3) is 2.97. The summed E-state index contributed by atoms with van der Waals surface area (Å²) in [5, 5.41) is 0. The summed E-state index contributed by atoms with van der Waals surface area (Å²) in [6.07, 6.45) is 0.311. The van der Waals surface area contributed by atoms with E-state index in [-0.39, 0.29) is 5.91 Å². The highest BCUT2D eigenvalue weighted by atomic mass is 16.2. The van der Waals surface area contributed by atoms with Gasteiger partial charge in [-0.15, -0.1) is 0 Å². The van der Waals surface area contributed by atoms with E-state index in [1.807, 2.05) is 54.6 Å². The van der Waals surface area contributed by atoms with Crippen molar-refractivity contribution in [1.29, 1.82) is 0 Å². The molecule has 0 saturated carbocycles. The van der Waals surface area contributed by atoms with Gasteiger partial charge in [0, 0.05) is 18.8 Å². The van der Waals surface area contributed by atoms with Gasteiger partial charge in [-0.25, -0.2) is 4.99 Å². The average Bonchev–Trinajstić information content (AvgIpc) is 2.72. The zero-order valence-corrected chi connectivity index (χ0v) is 13.6. The van der Waals surface area contributed by atoms with Crippen molar-refractivity contribution in [2.24, 2.45) is 4.99 Å². The van der Waals surface area contributed by atoms with Gasteiger partial charge in [-0.05, 0) is 38.1 Å². The fourth-order valence-corrected chi connectivity index (χ4v) is 2.91. The first-order valence-corrected chi connectivity index (χ1v) is 8.04. The Hall–Kier alpha value is -2.62. The molecule has 0 unspecified atom stereocenters. The molecular weight excluding hydrogens is 286 g/mol. The second kappa shape index (κ2) is 6.65. The highest BCUT2D eigenvalue weighted by Gasteiger charge is 2.26. The number of fused-ring (bicyclic) bond motifs is 1. The first-order chi connectivity index (χ1) is 11.2. The number of carbonyl (C=O) groups excluding carboxylic acids is 1. The molecule has 23 heavy (non-hydrogen) atoms. The minimum Gasteiger partial charge on any atom is -0.360 e. The van der Waals surface area contributed by atoms with Crippen molar-refractivity contribution in [2.75, 3.05) is 18.0 Å². The molecule has 1 aliphatic rings. The van der Waals surface area contributed by atoms with Crippen LogP contribution in [0.2, 0.25) is 0 Å². The Bertz CT molecular complexity index is 720. The van der Waals surface area contributed by atoms with Crippen molar-refractivity contribution in [3.63, 3.8) is 0 Å². The maximum Gasteiger partial charge on any atom is 0.239 e. The van der Waals surface area contributed by atoms with Crippen molar-refractivity contribution in [2.45, 2.75) is 20.3 Å². The Morgan fingerprint density at radius 2 is 1.65 bits per heavy atom. The van der Waals surface area contributed by atoms with Crippen LogP contribution in [0.1, 0.15) is 20.3 Å². The van der Waals surface area contributed by atoms with E-state index in [1.54, 1.807) is 4.90 Å². The quantitative estimate of drug-likeness (QED) is 0.855. The number of aliphatic imine (C=N–C) groups is 1. The first-order valence-electron chi connectivity index (χ1n) is 8.04. The Kier molecular flexibility index (Phi) is 4.42. The van der Waals surface area contributed by atoms with Gasteiger partial charge in [0.2, 0.25) is 5.91 Å². The minimum atomic E-state index is 0.0480. The molecule has 0 fully saturated rings. The van der Waals surface area contributed by atoms with Crippen LogP contribution in [0.15, 0.2) is 59.6 Å². The van der Waals surface area contributed by atoms with Crippen LogP contribution >= 0.6 is 0 Å². The fourth-order valence-electron chi connectivity index (χ4n) is 2.91. The molecule has 0 spiro atoms. The predicted octanol–water partition coefficient (Wildman–Crippen LogP) is 4.13. The van der Waals surface area contributed by atoms with Gasteiger partial charge >= 0.3 is 0 Å². The second-order valence-electron chi connectivity index (χ2n) is 5.43. The number of anilines is 2. The number of benzene rings is 2. The van der Waals surface area contributed by atoms with Crippen molar-refractivity contribution < 1.29 is 4.79 Å². The molecule has 2 aromatic carbocycles. The number of rotatable bonds is 3. The summed E-state index contributed by atoms with van der Waals surface area (Å²) in [5.74, 6) is 0.887. The van der Waals surface area contributed by atoms with Crippen LogP contribution in [0.5, 0.6) is 0 Å². The molecule has 118 valence electrons. The summed E-state index contributed by atoms with van der Waals surface area (Å²) in [7, 11) is 0. The van der Waals surface area contributed by atoms with Crippen LogP contribution in [-0.4, -0.2) is 29.7 Å². The summed E-state index contributed by atoms with van der Waals surface area (Å²) in [6.45, 7) is 5.86. The molecule has 4 nitrogen and oxygen atoms in total.